The van der Waals surface area contributed by atoms with E-state index in [-0.39, 0.29) is 11.9 Å². The fourth-order valence-corrected chi connectivity index (χ4v) is 2.78. The van der Waals surface area contributed by atoms with E-state index in [2.05, 4.69) is 21.2 Å². The van der Waals surface area contributed by atoms with E-state index in [9.17, 15) is 4.39 Å². The van der Waals surface area contributed by atoms with Crippen LogP contribution in [0.2, 0.25) is 0 Å². The van der Waals surface area contributed by atoms with Crippen molar-refractivity contribution in [3.63, 3.8) is 0 Å². The minimum atomic E-state index is -0.190. The monoisotopic (exact) mass is 307 g/mol. The van der Waals surface area contributed by atoms with Crippen molar-refractivity contribution in [2.75, 3.05) is 7.05 Å². The molecule has 0 saturated heterocycles. The van der Waals surface area contributed by atoms with E-state index < -0.39 is 0 Å². The number of hydrogen-bond donors (Lipinski definition) is 1. The second kappa shape index (κ2) is 5.63. The Morgan fingerprint density at radius 2 is 1.83 bits per heavy atom. The Kier molecular flexibility index (Phi) is 4.15. The Morgan fingerprint density at radius 3 is 2.44 bits per heavy atom. The summed E-state index contributed by atoms with van der Waals surface area (Å²) >= 11 is 3.55. The van der Waals surface area contributed by atoms with Crippen LogP contribution in [0.5, 0.6) is 0 Å². The van der Waals surface area contributed by atoms with E-state index in [4.69, 9.17) is 0 Å². The molecule has 0 aliphatic carbocycles. The third-order valence-electron chi connectivity index (χ3n) is 2.97. The first kappa shape index (κ1) is 13.2. The Balaban J connectivity index is 2.49. The summed E-state index contributed by atoms with van der Waals surface area (Å²) in [5, 5.41) is 3.17. The average Bonchev–Trinajstić information content (AvgIpc) is 2.34. The molecule has 1 atom stereocenters. The highest BCUT2D eigenvalue weighted by molar-refractivity contribution is 9.10. The lowest BCUT2D eigenvalue weighted by Gasteiger charge is -2.19. The molecular formula is C15H15BrFN. The first-order valence-electron chi connectivity index (χ1n) is 5.81. The summed E-state index contributed by atoms with van der Waals surface area (Å²) in [5.41, 5.74) is 2.87. The predicted octanol–water partition coefficient (Wildman–Crippen LogP) is 4.21. The van der Waals surface area contributed by atoms with Gasteiger partial charge in [0.25, 0.3) is 0 Å². The molecule has 1 N–H and O–H groups in total. The summed E-state index contributed by atoms with van der Waals surface area (Å²) in [7, 11) is 1.84. The van der Waals surface area contributed by atoms with Gasteiger partial charge in [0.1, 0.15) is 5.82 Å². The zero-order valence-corrected chi connectivity index (χ0v) is 12.0. The van der Waals surface area contributed by atoms with E-state index >= 15 is 0 Å². The largest absolute Gasteiger partial charge is 0.309 e. The smallest absolute Gasteiger partial charge is 0.128 e. The molecule has 0 amide bonds. The maximum absolute atomic E-state index is 13.9. The average molecular weight is 308 g/mol. The zero-order chi connectivity index (χ0) is 13.1. The summed E-state index contributed by atoms with van der Waals surface area (Å²) in [6, 6.07) is 12.8. The number of nitrogens with one attached hydrogen (secondary N) is 1. The van der Waals surface area contributed by atoms with Crippen LogP contribution in [0.25, 0.3) is 0 Å². The van der Waals surface area contributed by atoms with Crippen LogP contribution in [0, 0.1) is 12.7 Å². The van der Waals surface area contributed by atoms with Crippen molar-refractivity contribution >= 4 is 15.9 Å². The Hall–Kier alpha value is -1.19. The molecule has 2 aromatic carbocycles. The van der Waals surface area contributed by atoms with Crippen molar-refractivity contribution in [1.82, 2.24) is 5.32 Å². The van der Waals surface area contributed by atoms with Gasteiger partial charge in [0.2, 0.25) is 0 Å². The fraction of sp³-hybridized carbons (Fsp3) is 0.200. The van der Waals surface area contributed by atoms with Crippen LogP contribution in [0.3, 0.4) is 0 Å². The third-order valence-corrected chi connectivity index (χ3v) is 3.66. The Labute approximate surface area is 115 Å². The van der Waals surface area contributed by atoms with Crippen molar-refractivity contribution in [2.24, 2.45) is 0 Å². The molecule has 0 radical (unpaired) electrons. The van der Waals surface area contributed by atoms with E-state index in [1.165, 1.54) is 11.6 Å². The van der Waals surface area contributed by atoms with E-state index in [1.807, 2.05) is 44.3 Å². The van der Waals surface area contributed by atoms with Gasteiger partial charge in [-0.3, -0.25) is 0 Å². The maximum Gasteiger partial charge on any atom is 0.128 e. The van der Waals surface area contributed by atoms with Crippen molar-refractivity contribution in [1.29, 1.82) is 0 Å². The summed E-state index contributed by atoms with van der Waals surface area (Å²) in [6.07, 6.45) is 0. The summed E-state index contributed by atoms with van der Waals surface area (Å²) < 4.78 is 14.9. The number of benzene rings is 2. The molecule has 1 nitrogen and oxygen atoms in total. The van der Waals surface area contributed by atoms with Gasteiger partial charge in [-0.2, -0.15) is 0 Å². The van der Waals surface area contributed by atoms with Gasteiger partial charge in [0, 0.05) is 10.0 Å². The topological polar surface area (TPSA) is 12.0 Å². The van der Waals surface area contributed by atoms with Gasteiger partial charge in [0.05, 0.1) is 6.04 Å². The molecule has 3 heteroatoms. The molecule has 0 bridgehead atoms. The third kappa shape index (κ3) is 2.62. The molecule has 2 rings (SSSR count). The maximum atomic E-state index is 13.9. The molecule has 0 saturated carbocycles. The molecule has 0 aliphatic heterocycles. The van der Waals surface area contributed by atoms with Gasteiger partial charge in [0.15, 0.2) is 0 Å². The first-order chi connectivity index (χ1) is 8.63. The lowest BCUT2D eigenvalue weighted by atomic mass is 9.97. The summed E-state index contributed by atoms with van der Waals surface area (Å²) in [4.78, 5) is 0. The molecule has 1 unspecified atom stereocenters. The van der Waals surface area contributed by atoms with Gasteiger partial charge in [-0.1, -0.05) is 46.3 Å². The highest BCUT2D eigenvalue weighted by Gasteiger charge is 2.17. The summed E-state index contributed by atoms with van der Waals surface area (Å²) in [6.45, 7) is 2.03. The number of halogens is 2. The minimum Gasteiger partial charge on any atom is -0.309 e. The first-order valence-corrected chi connectivity index (χ1v) is 6.60. The molecule has 0 fully saturated rings. The second-order valence-corrected chi connectivity index (χ2v) is 5.12. The van der Waals surface area contributed by atoms with Crippen molar-refractivity contribution < 1.29 is 4.39 Å². The normalized spacial score (nSPS) is 12.4. The molecule has 0 aliphatic rings. The molecule has 18 heavy (non-hydrogen) atoms. The fourth-order valence-electron chi connectivity index (χ4n) is 2.05. The standard InChI is InChI=1S/C15H15BrFN/c1-10-7-8-11(13(16)9-10)15(18-2)12-5-3-4-6-14(12)17/h3-9,15,18H,1-2H3. The SMILES string of the molecule is CNC(c1ccccc1F)c1ccc(C)cc1Br. The number of rotatable bonds is 3. The molecule has 0 spiro atoms. The molecule has 2 aromatic rings. The number of hydrogen-bond acceptors (Lipinski definition) is 1. The van der Waals surface area contributed by atoms with Crippen LogP contribution in [-0.4, -0.2) is 7.05 Å². The van der Waals surface area contributed by atoms with Crippen LogP contribution in [0.1, 0.15) is 22.7 Å². The lowest BCUT2D eigenvalue weighted by molar-refractivity contribution is 0.575. The molecule has 94 valence electrons. The van der Waals surface area contributed by atoms with E-state index in [0.29, 0.717) is 5.56 Å². The Bertz CT molecular complexity index is 554. The highest BCUT2D eigenvalue weighted by atomic mass is 79.9. The zero-order valence-electron chi connectivity index (χ0n) is 10.4. The van der Waals surface area contributed by atoms with Crippen LogP contribution in [0.4, 0.5) is 4.39 Å². The van der Waals surface area contributed by atoms with Crippen molar-refractivity contribution in [2.45, 2.75) is 13.0 Å². The van der Waals surface area contributed by atoms with Gasteiger partial charge >= 0.3 is 0 Å². The van der Waals surface area contributed by atoms with Crippen LogP contribution in [0.15, 0.2) is 46.9 Å². The predicted molar refractivity (Wildman–Crippen MR) is 76.2 cm³/mol. The van der Waals surface area contributed by atoms with Crippen LogP contribution < -0.4 is 5.32 Å². The van der Waals surface area contributed by atoms with Gasteiger partial charge in [-0.15, -0.1) is 0 Å². The Morgan fingerprint density at radius 1 is 1.11 bits per heavy atom. The molecule has 0 aromatic heterocycles. The van der Waals surface area contributed by atoms with Gasteiger partial charge in [-0.25, -0.2) is 4.39 Å². The van der Waals surface area contributed by atoms with E-state index in [1.54, 1.807) is 6.07 Å². The van der Waals surface area contributed by atoms with Crippen LogP contribution >= 0.6 is 15.9 Å². The van der Waals surface area contributed by atoms with Crippen molar-refractivity contribution in [3.8, 4) is 0 Å². The number of aryl methyl sites for hydroxylation is 1. The highest BCUT2D eigenvalue weighted by Crippen LogP contribution is 2.30. The quantitative estimate of drug-likeness (QED) is 0.896. The van der Waals surface area contributed by atoms with Crippen LogP contribution in [-0.2, 0) is 0 Å². The second-order valence-electron chi connectivity index (χ2n) is 4.27. The minimum absolute atomic E-state index is 0.152. The van der Waals surface area contributed by atoms with Crippen molar-refractivity contribution in [3.05, 3.63) is 69.4 Å². The molecular weight excluding hydrogens is 293 g/mol. The van der Waals surface area contributed by atoms with E-state index in [0.717, 1.165) is 10.0 Å². The van der Waals surface area contributed by atoms with Gasteiger partial charge in [-0.05, 0) is 37.2 Å². The lowest BCUT2D eigenvalue weighted by Crippen LogP contribution is -2.19. The van der Waals surface area contributed by atoms with Gasteiger partial charge < -0.3 is 5.32 Å². The molecule has 0 heterocycles. The summed E-state index contributed by atoms with van der Waals surface area (Å²) in [5.74, 6) is -0.190.